The minimum absolute atomic E-state index is 0.120. The van der Waals surface area contributed by atoms with Crippen molar-refractivity contribution in [2.24, 2.45) is 17.8 Å². The Kier molecular flexibility index (Phi) is 13.2. The molecule has 0 bridgehead atoms. The quantitative estimate of drug-likeness (QED) is 0.136. The van der Waals surface area contributed by atoms with E-state index < -0.39 is 20.0 Å². The third-order valence-electron chi connectivity index (χ3n) is 8.91. The molecular weight excluding hydrogens is 579 g/mol. The van der Waals surface area contributed by atoms with Crippen molar-refractivity contribution in [3.8, 4) is 0 Å². The molecule has 1 N–H and O–H groups in total. The van der Waals surface area contributed by atoms with Crippen molar-refractivity contribution in [2.75, 3.05) is 19.7 Å². The fraction of sp³-hybridized carbons (Fsp3) is 0.579. The second kappa shape index (κ2) is 16.2. The Hall–Kier alpha value is -2.74. The summed E-state index contributed by atoms with van der Waals surface area (Å²) in [6.07, 6.45) is 4.61. The van der Waals surface area contributed by atoms with E-state index in [-0.39, 0.29) is 28.8 Å². The summed E-state index contributed by atoms with van der Waals surface area (Å²) in [6, 6.07) is 21.1. The van der Waals surface area contributed by atoms with E-state index in [2.05, 4.69) is 82.8 Å². The van der Waals surface area contributed by atoms with Crippen LogP contribution in [0.4, 0.5) is 4.79 Å². The predicted octanol–water partition coefficient (Wildman–Crippen LogP) is 7.14. The number of Topliss-reactive ketones (excluding diaryl/α,β-unsaturated/α-hetero) is 1. The lowest BCUT2D eigenvalue weighted by atomic mass is 9.69. The second-order valence-corrected chi connectivity index (χ2v) is 19.2. The lowest BCUT2D eigenvalue weighted by Gasteiger charge is -2.43. The van der Waals surface area contributed by atoms with Crippen LogP contribution in [-0.4, -0.2) is 61.6 Å². The molecule has 0 radical (unpaired) electrons. The van der Waals surface area contributed by atoms with Gasteiger partial charge in [-0.05, 0) is 80.1 Å². The van der Waals surface area contributed by atoms with Crippen molar-refractivity contribution >= 4 is 30.6 Å². The van der Waals surface area contributed by atoms with Crippen molar-refractivity contribution in [1.29, 1.82) is 0 Å². The molecule has 1 saturated carbocycles. The van der Waals surface area contributed by atoms with Gasteiger partial charge in [0.25, 0.3) is 8.32 Å². The third kappa shape index (κ3) is 9.87. The number of hydrogen-bond donors (Lipinski definition) is 1. The van der Waals surface area contributed by atoms with Gasteiger partial charge >= 0.3 is 6.09 Å². The average Bonchev–Trinajstić information content (AvgIpc) is 2.95. The van der Waals surface area contributed by atoms with Crippen LogP contribution in [0.3, 0.4) is 0 Å². The van der Waals surface area contributed by atoms with Crippen molar-refractivity contribution in [3.63, 3.8) is 0 Å². The third-order valence-corrected chi connectivity index (χ3v) is 13.9. The highest BCUT2D eigenvalue weighted by Crippen LogP contribution is 2.38. The van der Waals surface area contributed by atoms with Crippen LogP contribution in [0.25, 0.3) is 0 Å². The highest BCUT2D eigenvalue weighted by molar-refractivity contribution is 6.99. The molecule has 45 heavy (non-hydrogen) atoms. The van der Waals surface area contributed by atoms with Gasteiger partial charge in [-0.15, -0.1) is 6.58 Å². The highest BCUT2D eigenvalue weighted by Gasteiger charge is 2.50. The van der Waals surface area contributed by atoms with Crippen LogP contribution in [-0.2, 0) is 14.0 Å². The van der Waals surface area contributed by atoms with Crippen LogP contribution >= 0.6 is 0 Å². The Morgan fingerprint density at radius 3 is 2.07 bits per heavy atom. The first kappa shape index (κ1) is 36.7. The maximum absolute atomic E-state index is 13.3. The number of allylic oxidation sites excluding steroid dienone is 1. The molecule has 248 valence electrons. The van der Waals surface area contributed by atoms with Crippen LogP contribution in [0.1, 0.15) is 87.0 Å². The summed E-state index contributed by atoms with van der Waals surface area (Å²) in [5.41, 5.74) is -0.622. The SMILES string of the molecule is C=CC[C@@H]1C[C@@H](C)CC(=O)C1C(O)CCCN(CCCO[Si](c1ccccc1)(c1ccccc1)C(C)(C)C)C(=O)OC(C)(C)C. The smallest absolute Gasteiger partial charge is 0.410 e. The van der Waals surface area contributed by atoms with E-state index in [0.717, 1.165) is 12.8 Å². The number of ketones is 1. The topological polar surface area (TPSA) is 76.1 Å². The zero-order chi connectivity index (χ0) is 33.3. The summed E-state index contributed by atoms with van der Waals surface area (Å²) in [5.74, 6) is 0.237. The molecular formula is C38H57NO5Si. The Labute approximate surface area is 273 Å². The first-order valence-corrected chi connectivity index (χ1v) is 18.6. The molecule has 1 aliphatic rings. The van der Waals surface area contributed by atoms with E-state index in [0.29, 0.717) is 51.3 Å². The van der Waals surface area contributed by atoms with E-state index in [1.807, 2.05) is 39.0 Å². The van der Waals surface area contributed by atoms with Crippen molar-refractivity contribution in [1.82, 2.24) is 4.90 Å². The van der Waals surface area contributed by atoms with Gasteiger partial charge in [-0.1, -0.05) is 94.4 Å². The fourth-order valence-corrected chi connectivity index (χ4v) is 11.6. The molecule has 1 fully saturated rings. The van der Waals surface area contributed by atoms with Gasteiger partial charge in [-0.25, -0.2) is 4.79 Å². The Morgan fingerprint density at radius 1 is 1.00 bits per heavy atom. The van der Waals surface area contributed by atoms with E-state index in [1.54, 1.807) is 4.90 Å². The molecule has 0 heterocycles. The molecule has 0 aromatic heterocycles. The number of carbonyl (C=O) groups excluding carboxylic acids is 2. The standard InChI is InChI=1S/C38H57NO5Si/c1-9-18-30-27-29(2)28-34(41)35(30)33(40)23-16-24-39(36(42)44-37(3,4)5)25-17-26-43-45(38(6,7)8,31-19-12-10-13-20-31)32-21-14-11-15-22-32/h9-15,19-22,29-30,33,35,40H,1,16-18,23-28H2,2-8H3/t29-,30-,33?,35?/m1/s1. The number of aliphatic hydroxyl groups excluding tert-OH is 1. The lowest BCUT2D eigenvalue weighted by Crippen LogP contribution is -2.66. The maximum atomic E-state index is 13.3. The molecule has 3 rings (SSSR count). The zero-order valence-corrected chi connectivity index (χ0v) is 29.8. The van der Waals surface area contributed by atoms with Gasteiger partial charge in [0.2, 0.25) is 0 Å². The number of ether oxygens (including phenoxy) is 1. The molecule has 2 unspecified atom stereocenters. The number of hydrogen-bond acceptors (Lipinski definition) is 5. The number of amides is 1. The zero-order valence-electron chi connectivity index (χ0n) is 28.8. The van der Waals surface area contributed by atoms with E-state index in [4.69, 9.17) is 9.16 Å². The summed E-state index contributed by atoms with van der Waals surface area (Å²) in [4.78, 5) is 28.0. The van der Waals surface area contributed by atoms with Crippen LogP contribution in [0.5, 0.6) is 0 Å². The number of nitrogens with zero attached hydrogens (tertiary/aromatic N) is 1. The van der Waals surface area contributed by atoms with E-state index >= 15 is 0 Å². The molecule has 7 heteroatoms. The second-order valence-electron chi connectivity index (χ2n) is 14.9. The van der Waals surface area contributed by atoms with Crippen LogP contribution in [0.2, 0.25) is 5.04 Å². The molecule has 2 aromatic carbocycles. The molecule has 2 aromatic rings. The summed E-state index contributed by atoms with van der Waals surface area (Å²) < 4.78 is 12.8. The van der Waals surface area contributed by atoms with Gasteiger partial charge in [0.05, 0.1) is 6.10 Å². The van der Waals surface area contributed by atoms with Gasteiger partial charge in [0, 0.05) is 32.0 Å². The van der Waals surface area contributed by atoms with Crippen LogP contribution in [0.15, 0.2) is 73.3 Å². The molecule has 0 spiro atoms. The molecule has 1 aliphatic carbocycles. The average molecular weight is 636 g/mol. The monoisotopic (exact) mass is 635 g/mol. The number of benzene rings is 2. The van der Waals surface area contributed by atoms with Gasteiger partial charge < -0.3 is 19.2 Å². The van der Waals surface area contributed by atoms with Gasteiger partial charge in [-0.3, -0.25) is 4.79 Å². The van der Waals surface area contributed by atoms with Crippen LogP contribution < -0.4 is 10.4 Å². The minimum atomic E-state index is -2.68. The normalized spacial score (nSPS) is 20.0. The van der Waals surface area contributed by atoms with E-state index in [1.165, 1.54) is 10.4 Å². The molecule has 0 aliphatic heterocycles. The number of aliphatic hydroxyl groups is 1. The summed E-state index contributed by atoms with van der Waals surface area (Å²) in [5, 5.41) is 13.5. The van der Waals surface area contributed by atoms with Crippen LogP contribution in [0, 0.1) is 17.8 Å². The minimum Gasteiger partial charge on any atom is -0.444 e. The number of carbonyl (C=O) groups is 2. The van der Waals surface area contributed by atoms with Crippen molar-refractivity contribution < 1.29 is 23.9 Å². The van der Waals surface area contributed by atoms with Crippen molar-refractivity contribution in [2.45, 2.75) is 104 Å². The highest BCUT2D eigenvalue weighted by atomic mass is 28.4. The van der Waals surface area contributed by atoms with Gasteiger partial charge in [-0.2, -0.15) is 0 Å². The van der Waals surface area contributed by atoms with E-state index in [9.17, 15) is 14.7 Å². The first-order chi connectivity index (χ1) is 21.2. The number of rotatable bonds is 14. The molecule has 6 nitrogen and oxygen atoms in total. The summed E-state index contributed by atoms with van der Waals surface area (Å²) in [7, 11) is -2.68. The fourth-order valence-electron chi connectivity index (χ4n) is 7.01. The summed E-state index contributed by atoms with van der Waals surface area (Å²) in [6.45, 7) is 19.8. The largest absolute Gasteiger partial charge is 0.444 e. The Bertz CT molecular complexity index is 1180. The first-order valence-electron chi connectivity index (χ1n) is 16.7. The van der Waals surface area contributed by atoms with Crippen molar-refractivity contribution in [3.05, 3.63) is 73.3 Å². The Morgan fingerprint density at radius 2 is 1.56 bits per heavy atom. The summed E-state index contributed by atoms with van der Waals surface area (Å²) >= 11 is 0. The maximum Gasteiger partial charge on any atom is 0.410 e. The predicted molar refractivity (Wildman–Crippen MR) is 186 cm³/mol. The molecule has 1 amide bonds. The van der Waals surface area contributed by atoms with Gasteiger partial charge in [0.1, 0.15) is 11.4 Å². The Balaban J connectivity index is 1.72. The molecule has 4 atom stereocenters. The molecule has 0 saturated heterocycles. The lowest BCUT2D eigenvalue weighted by molar-refractivity contribution is -0.133. The van der Waals surface area contributed by atoms with Gasteiger partial charge in [0.15, 0.2) is 0 Å².